The van der Waals surface area contributed by atoms with Gasteiger partial charge in [-0.25, -0.2) is 4.68 Å². The summed E-state index contributed by atoms with van der Waals surface area (Å²) in [5, 5.41) is 10.9. The van der Waals surface area contributed by atoms with E-state index < -0.39 is 5.91 Å². The van der Waals surface area contributed by atoms with E-state index in [4.69, 9.17) is 16.2 Å². The number of nitrogens with two attached hydrogens (primary N) is 2. The van der Waals surface area contributed by atoms with E-state index in [1.54, 1.807) is 22.9 Å². The molecule has 2 amide bonds. The molecule has 0 saturated carbocycles. The van der Waals surface area contributed by atoms with Crippen LogP contribution in [0.1, 0.15) is 39.1 Å². The van der Waals surface area contributed by atoms with Gasteiger partial charge in [0, 0.05) is 18.7 Å². The number of aromatic nitrogens is 2. The zero-order chi connectivity index (χ0) is 24.1. The summed E-state index contributed by atoms with van der Waals surface area (Å²) < 4.78 is 6.94. The smallest absolute Gasteiger partial charge is 0.255 e. The molecule has 9 nitrogen and oxygen atoms in total. The Morgan fingerprint density at radius 1 is 1.21 bits per heavy atom. The molecule has 1 aromatic heterocycles. The van der Waals surface area contributed by atoms with Gasteiger partial charge in [0.2, 0.25) is 0 Å². The Hall–Kier alpha value is -3.85. The van der Waals surface area contributed by atoms with Gasteiger partial charge in [0.25, 0.3) is 11.8 Å². The zero-order valence-corrected chi connectivity index (χ0v) is 19.2. The second-order valence-corrected chi connectivity index (χ2v) is 8.45. The number of anilines is 1. The van der Waals surface area contributed by atoms with Crippen molar-refractivity contribution in [2.24, 2.45) is 11.7 Å². The number of para-hydroxylation sites is 1. The maximum absolute atomic E-state index is 12.5. The molecule has 0 radical (unpaired) electrons. The van der Waals surface area contributed by atoms with Gasteiger partial charge in [0.05, 0.1) is 12.7 Å². The minimum Gasteiger partial charge on any atom is -0.496 e. The van der Waals surface area contributed by atoms with Gasteiger partial charge in [-0.1, -0.05) is 36.4 Å². The van der Waals surface area contributed by atoms with Crippen LogP contribution in [0.25, 0.3) is 11.3 Å². The molecule has 0 aliphatic carbocycles. The maximum atomic E-state index is 12.5. The molecular formula is C25H30N6O3. The third kappa shape index (κ3) is 5.04. The molecule has 9 heteroatoms. The summed E-state index contributed by atoms with van der Waals surface area (Å²) in [6.07, 6.45) is 2.19. The second kappa shape index (κ2) is 10.4. The lowest BCUT2D eigenvalue weighted by Gasteiger charge is -2.22. The second-order valence-electron chi connectivity index (χ2n) is 8.45. The Bertz CT molecular complexity index is 1170. The molecule has 4 rings (SSSR count). The van der Waals surface area contributed by atoms with E-state index in [1.807, 2.05) is 30.3 Å². The average Bonchev–Trinajstić information content (AvgIpc) is 3.19. The van der Waals surface area contributed by atoms with E-state index in [0.717, 1.165) is 37.1 Å². The van der Waals surface area contributed by atoms with E-state index in [2.05, 4.69) is 15.7 Å². The number of ether oxygens (including phenoxy) is 1. The van der Waals surface area contributed by atoms with E-state index >= 15 is 0 Å². The predicted octanol–water partition coefficient (Wildman–Crippen LogP) is 2.17. The molecule has 2 heterocycles. The molecule has 1 aliphatic heterocycles. The Morgan fingerprint density at radius 3 is 2.65 bits per heavy atom. The molecular weight excluding hydrogens is 432 g/mol. The maximum Gasteiger partial charge on any atom is 0.255 e. The van der Waals surface area contributed by atoms with Crippen LogP contribution in [-0.2, 0) is 13.1 Å². The molecule has 1 atom stereocenters. The number of piperidine rings is 1. The minimum absolute atomic E-state index is 0.221. The number of nitrogens with one attached hydrogen (secondary N) is 2. The van der Waals surface area contributed by atoms with Crippen molar-refractivity contribution in [2.45, 2.75) is 25.9 Å². The number of methoxy groups -OCH3 is 1. The molecule has 3 aromatic rings. The summed E-state index contributed by atoms with van der Waals surface area (Å²) in [6, 6.07) is 14.5. The van der Waals surface area contributed by atoms with E-state index in [1.165, 1.54) is 7.11 Å². The number of primary amides is 1. The lowest BCUT2D eigenvalue weighted by molar-refractivity contribution is 0.0946. The van der Waals surface area contributed by atoms with Crippen molar-refractivity contribution >= 4 is 17.6 Å². The summed E-state index contributed by atoms with van der Waals surface area (Å²) in [7, 11) is 1.53. The average molecular weight is 463 g/mol. The number of hydrogen-bond donors (Lipinski definition) is 4. The monoisotopic (exact) mass is 462 g/mol. The lowest BCUT2D eigenvalue weighted by atomic mass is 10.00. The van der Waals surface area contributed by atoms with Crippen LogP contribution in [-0.4, -0.2) is 41.8 Å². The van der Waals surface area contributed by atoms with Crippen LogP contribution in [0.5, 0.6) is 5.75 Å². The van der Waals surface area contributed by atoms with E-state index in [-0.39, 0.29) is 11.5 Å². The van der Waals surface area contributed by atoms with E-state index in [0.29, 0.717) is 41.8 Å². The molecule has 1 fully saturated rings. The first-order valence-corrected chi connectivity index (χ1v) is 11.3. The molecule has 0 bridgehead atoms. The highest BCUT2D eigenvalue weighted by Crippen LogP contribution is 2.28. The SMILES string of the molecule is COc1ccccc1C(=O)NCc1ccc(-c2nn(C[C@@H]3CCCNC3)c(N)c2C(N)=O)cc1. The summed E-state index contributed by atoms with van der Waals surface area (Å²) in [4.78, 5) is 24.7. The third-order valence-electron chi connectivity index (χ3n) is 6.10. The van der Waals surface area contributed by atoms with Crippen LogP contribution < -0.4 is 26.8 Å². The van der Waals surface area contributed by atoms with Crippen molar-refractivity contribution < 1.29 is 14.3 Å². The molecule has 178 valence electrons. The fourth-order valence-corrected chi connectivity index (χ4v) is 4.27. The van der Waals surface area contributed by atoms with Crippen molar-refractivity contribution in [3.8, 4) is 17.0 Å². The fourth-order valence-electron chi connectivity index (χ4n) is 4.27. The van der Waals surface area contributed by atoms with Crippen LogP contribution in [0, 0.1) is 5.92 Å². The molecule has 1 aliphatic rings. The lowest BCUT2D eigenvalue weighted by Crippen LogP contribution is -2.32. The number of carbonyl (C=O) groups is 2. The Kier molecular flexibility index (Phi) is 7.12. The summed E-state index contributed by atoms with van der Waals surface area (Å²) >= 11 is 0. The number of carbonyl (C=O) groups excluding carboxylic acids is 2. The molecule has 6 N–H and O–H groups in total. The number of benzene rings is 2. The first kappa shape index (κ1) is 23.3. The van der Waals surface area contributed by atoms with Crippen molar-refractivity contribution in [1.29, 1.82) is 0 Å². The molecule has 34 heavy (non-hydrogen) atoms. The van der Waals surface area contributed by atoms with Crippen molar-refractivity contribution in [3.63, 3.8) is 0 Å². The standard InChI is InChI=1S/C25H30N6O3/c1-34-20-7-3-2-6-19(20)25(33)29-14-16-8-10-18(11-9-16)22-21(24(27)32)23(26)31(30-22)15-17-5-4-12-28-13-17/h2-3,6-11,17,28H,4-5,12-15,26H2,1H3,(H2,27,32)(H,29,33)/t17-/m1/s1. The third-order valence-corrected chi connectivity index (χ3v) is 6.10. The predicted molar refractivity (Wildman–Crippen MR) is 130 cm³/mol. The van der Waals surface area contributed by atoms with Gasteiger partial charge in [-0.15, -0.1) is 0 Å². The number of nitrogen functional groups attached to an aromatic ring is 1. The number of rotatable bonds is 8. The molecule has 0 unspecified atom stereocenters. The summed E-state index contributed by atoms with van der Waals surface area (Å²) in [5.74, 6) is 0.390. The van der Waals surface area contributed by atoms with Gasteiger partial charge in [0.1, 0.15) is 22.8 Å². The number of nitrogens with zero attached hydrogens (tertiary/aromatic N) is 2. The molecule has 1 saturated heterocycles. The zero-order valence-electron chi connectivity index (χ0n) is 19.2. The topological polar surface area (TPSA) is 137 Å². The first-order chi connectivity index (χ1) is 16.5. The van der Waals surface area contributed by atoms with Crippen LogP contribution in [0.4, 0.5) is 5.82 Å². The first-order valence-electron chi connectivity index (χ1n) is 11.3. The Morgan fingerprint density at radius 2 is 1.97 bits per heavy atom. The van der Waals surface area contributed by atoms with Gasteiger partial charge in [-0.05, 0) is 49.5 Å². The van der Waals surface area contributed by atoms with E-state index in [9.17, 15) is 9.59 Å². The van der Waals surface area contributed by atoms with Crippen LogP contribution >= 0.6 is 0 Å². The van der Waals surface area contributed by atoms with Crippen molar-refractivity contribution in [3.05, 3.63) is 65.2 Å². The molecule has 0 spiro atoms. The largest absolute Gasteiger partial charge is 0.496 e. The van der Waals surface area contributed by atoms with Gasteiger partial charge in [-0.3, -0.25) is 9.59 Å². The van der Waals surface area contributed by atoms with Crippen molar-refractivity contribution in [1.82, 2.24) is 20.4 Å². The highest BCUT2D eigenvalue weighted by atomic mass is 16.5. The van der Waals surface area contributed by atoms with Gasteiger partial charge < -0.3 is 26.8 Å². The Balaban J connectivity index is 1.49. The summed E-state index contributed by atoms with van der Waals surface area (Å²) in [5.41, 5.74) is 14.7. The van der Waals surface area contributed by atoms with Crippen LogP contribution in [0.3, 0.4) is 0 Å². The van der Waals surface area contributed by atoms with Crippen LogP contribution in [0.15, 0.2) is 48.5 Å². The number of hydrogen-bond acceptors (Lipinski definition) is 6. The minimum atomic E-state index is -0.603. The summed E-state index contributed by atoms with van der Waals surface area (Å²) in [6.45, 7) is 2.89. The highest BCUT2D eigenvalue weighted by Gasteiger charge is 2.23. The van der Waals surface area contributed by atoms with Gasteiger partial charge in [0.15, 0.2) is 0 Å². The Labute approximate surface area is 198 Å². The van der Waals surface area contributed by atoms with Gasteiger partial charge >= 0.3 is 0 Å². The normalized spacial score (nSPS) is 15.6. The highest BCUT2D eigenvalue weighted by molar-refractivity contribution is 6.03. The van der Waals surface area contributed by atoms with Crippen molar-refractivity contribution in [2.75, 3.05) is 25.9 Å². The fraction of sp³-hybridized carbons (Fsp3) is 0.320. The van der Waals surface area contributed by atoms with Gasteiger partial charge in [-0.2, -0.15) is 5.10 Å². The quantitative estimate of drug-likeness (QED) is 0.405. The van der Waals surface area contributed by atoms with Crippen LogP contribution in [0.2, 0.25) is 0 Å². The number of amides is 2. The molecule has 2 aromatic carbocycles.